The number of rotatable bonds is 5. The fraction of sp³-hybridized carbons (Fsp3) is 0.235. The maximum Gasteiger partial charge on any atom is 0.238 e. The van der Waals surface area contributed by atoms with E-state index in [1.807, 2.05) is 41.8 Å². The van der Waals surface area contributed by atoms with E-state index in [1.165, 1.54) is 11.8 Å². The second-order valence-electron chi connectivity index (χ2n) is 5.51. The van der Waals surface area contributed by atoms with Crippen molar-refractivity contribution in [1.82, 2.24) is 15.3 Å². The van der Waals surface area contributed by atoms with Crippen LogP contribution in [0.5, 0.6) is 0 Å². The monoisotopic (exact) mass is 341 g/mol. The molecular weight excluding hydrogens is 326 g/mol. The number of fused-ring (bicyclic) bond motifs is 1. The summed E-state index contributed by atoms with van der Waals surface area (Å²) in [4.78, 5) is 21.4. The Morgan fingerprint density at radius 2 is 2.04 bits per heavy atom. The van der Waals surface area contributed by atoms with E-state index in [0.717, 1.165) is 33.6 Å². The molecule has 0 spiro atoms. The molecule has 1 atom stereocenters. The van der Waals surface area contributed by atoms with Crippen LogP contribution in [0.15, 0.2) is 53.1 Å². The quantitative estimate of drug-likeness (QED) is 0.566. The summed E-state index contributed by atoms with van der Waals surface area (Å²) < 4.78 is 1.04. The van der Waals surface area contributed by atoms with Gasteiger partial charge >= 0.3 is 0 Å². The van der Waals surface area contributed by atoms with Gasteiger partial charge in [-0.2, -0.15) is 0 Å². The number of carbonyl (C=O) groups is 1. The number of nitrogens with zero attached hydrogens (tertiary/aromatic N) is 2. The van der Waals surface area contributed by atoms with Crippen molar-refractivity contribution in [2.75, 3.05) is 0 Å². The summed E-state index contributed by atoms with van der Waals surface area (Å²) in [6.07, 6.45) is 3.74. The second-order valence-corrected chi connectivity index (χ2v) is 7.52. The maximum atomic E-state index is 12.7. The van der Waals surface area contributed by atoms with Crippen LogP contribution in [0.25, 0.3) is 10.2 Å². The van der Waals surface area contributed by atoms with Crippen LogP contribution >= 0.6 is 23.1 Å². The summed E-state index contributed by atoms with van der Waals surface area (Å²) in [7, 11) is 0. The Morgan fingerprint density at radius 3 is 2.83 bits per heavy atom. The lowest BCUT2D eigenvalue weighted by Crippen LogP contribution is -2.29. The molecule has 0 saturated heterocycles. The lowest BCUT2D eigenvalue weighted by molar-refractivity contribution is -0.120. The zero-order valence-electron chi connectivity index (χ0n) is 12.3. The fourth-order valence-corrected chi connectivity index (χ4v) is 4.40. The minimum Gasteiger partial charge on any atom is -0.352 e. The molecule has 1 saturated carbocycles. The molecule has 2 heterocycles. The summed E-state index contributed by atoms with van der Waals surface area (Å²) in [5.41, 5.74) is 1.93. The first-order valence-electron chi connectivity index (χ1n) is 7.51. The number of hydrogen-bond donors (Lipinski definition) is 1. The first kappa shape index (κ1) is 14.7. The number of carbonyl (C=O) groups excluding carboxylic acids is 1. The van der Waals surface area contributed by atoms with E-state index >= 15 is 0 Å². The number of aromatic nitrogens is 2. The molecule has 4 nitrogen and oxygen atoms in total. The minimum absolute atomic E-state index is 0.0621. The van der Waals surface area contributed by atoms with E-state index in [4.69, 9.17) is 0 Å². The van der Waals surface area contributed by atoms with E-state index in [-0.39, 0.29) is 11.2 Å². The standard InChI is InChI=1S/C17H15N3OS2/c21-16(20-12-6-7-12)14(11-4-2-1-3-5-11)23-17-15-13(8-9-22-15)18-10-19-17/h1-5,8-10,12,14H,6-7H2,(H,20,21). The van der Waals surface area contributed by atoms with Gasteiger partial charge in [-0.05, 0) is 29.9 Å². The van der Waals surface area contributed by atoms with Gasteiger partial charge < -0.3 is 5.32 Å². The minimum atomic E-state index is -0.294. The SMILES string of the molecule is O=C(NC1CC1)C(Sc1ncnc2ccsc12)c1ccccc1. The number of thiophene rings is 1. The average molecular weight is 341 g/mol. The smallest absolute Gasteiger partial charge is 0.238 e. The van der Waals surface area contributed by atoms with Gasteiger partial charge in [-0.25, -0.2) is 9.97 Å². The number of hydrogen-bond acceptors (Lipinski definition) is 5. The van der Waals surface area contributed by atoms with Crippen molar-refractivity contribution in [3.8, 4) is 0 Å². The van der Waals surface area contributed by atoms with E-state index in [9.17, 15) is 4.79 Å². The Balaban J connectivity index is 1.67. The third-order valence-electron chi connectivity index (χ3n) is 3.70. The highest BCUT2D eigenvalue weighted by Crippen LogP contribution is 2.39. The number of benzene rings is 1. The zero-order valence-corrected chi connectivity index (χ0v) is 13.9. The normalized spacial score (nSPS) is 15.5. The molecule has 4 rings (SSSR count). The summed E-state index contributed by atoms with van der Waals surface area (Å²) in [5, 5.41) is 5.69. The topological polar surface area (TPSA) is 54.9 Å². The average Bonchev–Trinajstić information content (AvgIpc) is 3.25. The molecule has 0 aliphatic heterocycles. The van der Waals surface area contributed by atoms with Gasteiger partial charge in [0.25, 0.3) is 0 Å². The largest absolute Gasteiger partial charge is 0.352 e. The van der Waals surface area contributed by atoms with Gasteiger partial charge in [0.1, 0.15) is 16.6 Å². The van der Waals surface area contributed by atoms with Gasteiger partial charge in [0, 0.05) is 6.04 Å². The molecule has 3 aromatic rings. The molecule has 1 unspecified atom stereocenters. The number of thioether (sulfide) groups is 1. The Kier molecular flexibility index (Phi) is 4.01. The molecule has 116 valence electrons. The summed E-state index contributed by atoms with van der Waals surface area (Å²) >= 11 is 3.11. The lowest BCUT2D eigenvalue weighted by Gasteiger charge is -2.16. The Bertz CT molecular complexity index is 830. The molecule has 1 fully saturated rings. The second kappa shape index (κ2) is 6.29. The van der Waals surface area contributed by atoms with Gasteiger partial charge in [0.15, 0.2) is 0 Å². The maximum absolute atomic E-state index is 12.7. The van der Waals surface area contributed by atoms with Crippen LogP contribution in [0.2, 0.25) is 0 Å². The van der Waals surface area contributed by atoms with Crippen molar-refractivity contribution in [1.29, 1.82) is 0 Å². The Hall–Kier alpha value is -1.92. The van der Waals surface area contributed by atoms with Crippen molar-refractivity contribution in [3.63, 3.8) is 0 Å². The Labute approximate surface area is 142 Å². The van der Waals surface area contributed by atoms with Crippen LogP contribution in [-0.2, 0) is 4.79 Å². The lowest BCUT2D eigenvalue weighted by atomic mass is 10.1. The number of amides is 1. The predicted octanol–water partition coefficient (Wildman–Crippen LogP) is 3.80. The molecule has 0 bridgehead atoms. The van der Waals surface area contributed by atoms with E-state index < -0.39 is 0 Å². The van der Waals surface area contributed by atoms with Gasteiger partial charge in [-0.15, -0.1) is 11.3 Å². The predicted molar refractivity (Wildman–Crippen MR) is 93.6 cm³/mol. The van der Waals surface area contributed by atoms with Crippen molar-refractivity contribution in [3.05, 3.63) is 53.7 Å². The van der Waals surface area contributed by atoms with Crippen molar-refractivity contribution < 1.29 is 4.79 Å². The number of nitrogens with one attached hydrogen (secondary N) is 1. The molecule has 1 aliphatic rings. The highest BCUT2D eigenvalue weighted by Gasteiger charge is 2.29. The van der Waals surface area contributed by atoms with Crippen molar-refractivity contribution in [2.24, 2.45) is 0 Å². The molecule has 1 aliphatic carbocycles. The molecule has 1 N–H and O–H groups in total. The first-order valence-corrected chi connectivity index (χ1v) is 9.27. The molecule has 1 aromatic carbocycles. The molecule has 0 radical (unpaired) electrons. The summed E-state index contributed by atoms with van der Waals surface area (Å²) in [6, 6.07) is 12.2. The molecule has 6 heteroatoms. The molecular formula is C17H15N3OS2. The summed E-state index contributed by atoms with van der Waals surface area (Å²) in [5.74, 6) is 0.0621. The van der Waals surface area contributed by atoms with Crippen LogP contribution in [0.3, 0.4) is 0 Å². The van der Waals surface area contributed by atoms with Crippen LogP contribution in [0, 0.1) is 0 Å². The fourth-order valence-electron chi connectivity index (χ4n) is 2.37. The molecule has 2 aromatic heterocycles. The zero-order chi connectivity index (χ0) is 15.6. The van der Waals surface area contributed by atoms with Crippen LogP contribution in [0.4, 0.5) is 0 Å². The Morgan fingerprint density at radius 1 is 1.22 bits per heavy atom. The highest BCUT2D eigenvalue weighted by atomic mass is 32.2. The first-order chi connectivity index (χ1) is 11.3. The van der Waals surface area contributed by atoms with Crippen molar-refractivity contribution >= 4 is 39.2 Å². The van der Waals surface area contributed by atoms with Crippen LogP contribution in [0.1, 0.15) is 23.7 Å². The van der Waals surface area contributed by atoms with Gasteiger partial charge in [-0.3, -0.25) is 4.79 Å². The third-order valence-corrected chi connectivity index (χ3v) is 6.00. The summed E-state index contributed by atoms with van der Waals surface area (Å²) in [6.45, 7) is 0. The molecule has 1 amide bonds. The van der Waals surface area contributed by atoms with Crippen LogP contribution < -0.4 is 5.32 Å². The molecule has 23 heavy (non-hydrogen) atoms. The van der Waals surface area contributed by atoms with Crippen LogP contribution in [-0.4, -0.2) is 21.9 Å². The third kappa shape index (κ3) is 3.23. The van der Waals surface area contributed by atoms with Gasteiger partial charge in [-0.1, -0.05) is 42.1 Å². The van der Waals surface area contributed by atoms with E-state index in [0.29, 0.717) is 6.04 Å². The van der Waals surface area contributed by atoms with E-state index in [2.05, 4.69) is 15.3 Å². The van der Waals surface area contributed by atoms with E-state index in [1.54, 1.807) is 17.7 Å². The highest BCUT2D eigenvalue weighted by molar-refractivity contribution is 8.00. The van der Waals surface area contributed by atoms with Gasteiger partial charge in [0.05, 0.1) is 10.2 Å². The van der Waals surface area contributed by atoms with Gasteiger partial charge in [0.2, 0.25) is 5.91 Å². The van der Waals surface area contributed by atoms with Crippen molar-refractivity contribution in [2.45, 2.75) is 29.2 Å².